The summed E-state index contributed by atoms with van der Waals surface area (Å²) >= 11 is 1.14. The van der Waals surface area contributed by atoms with E-state index in [9.17, 15) is 14.4 Å². The molecule has 4 aliphatic carbocycles. The van der Waals surface area contributed by atoms with Gasteiger partial charge in [0.15, 0.2) is 0 Å². The van der Waals surface area contributed by atoms with Gasteiger partial charge < -0.3 is 20.9 Å². The Morgan fingerprint density at radius 2 is 1.58 bits per heavy atom. The van der Waals surface area contributed by atoms with Crippen molar-refractivity contribution in [2.24, 2.45) is 17.8 Å². The standard InChI is InChI=1S/C23H32N4O3S/c1-27(2)22(30)31-19-5-3-18(4-6-19)25-20(28)7-8-24-21(29)26-23-12-15-9-16(13-23)11-17(10-15)14-23/h3-6,15-17H,7-14H2,1-2H3,(H,25,28)(H2,24,26,29). The molecule has 3 N–H and O–H groups in total. The molecule has 4 saturated carbocycles. The molecule has 7 nitrogen and oxygen atoms in total. The van der Waals surface area contributed by atoms with Gasteiger partial charge in [0.2, 0.25) is 5.91 Å². The number of urea groups is 1. The van der Waals surface area contributed by atoms with Crippen molar-refractivity contribution in [1.82, 2.24) is 15.5 Å². The zero-order valence-corrected chi connectivity index (χ0v) is 19.1. The van der Waals surface area contributed by atoms with E-state index in [-0.39, 0.29) is 29.1 Å². The molecule has 0 spiro atoms. The van der Waals surface area contributed by atoms with Gasteiger partial charge in [-0.15, -0.1) is 0 Å². The van der Waals surface area contributed by atoms with E-state index in [0.29, 0.717) is 12.2 Å². The first kappa shape index (κ1) is 22.0. The Balaban J connectivity index is 1.17. The van der Waals surface area contributed by atoms with Gasteiger partial charge in [-0.25, -0.2) is 4.79 Å². The van der Waals surface area contributed by atoms with E-state index < -0.39 is 0 Å². The summed E-state index contributed by atoms with van der Waals surface area (Å²) in [5, 5.41) is 8.91. The molecule has 0 saturated heterocycles. The van der Waals surface area contributed by atoms with Crippen LogP contribution in [0.3, 0.4) is 0 Å². The van der Waals surface area contributed by atoms with Gasteiger partial charge >= 0.3 is 6.03 Å². The average Bonchev–Trinajstić information content (AvgIpc) is 2.68. The lowest BCUT2D eigenvalue weighted by molar-refractivity contribution is -0.116. The van der Waals surface area contributed by atoms with Crippen molar-refractivity contribution in [2.45, 2.75) is 55.4 Å². The van der Waals surface area contributed by atoms with Crippen LogP contribution in [0.15, 0.2) is 29.2 Å². The first-order valence-corrected chi connectivity index (χ1v) is 12.0. The summed E-state index contributed by atoms with van der Waals surface area (Å²) in [5.74, 6) is 2.19. The maximum atomic E-state index is 12.5. The van der Waals surface area contributed by atoms with E-state index >= 15 is 0 Å². The monoisotopic (exact) mass is 444 g/mol. The molecule has 31 heavy (non-hydrogen) atoms. The van der Waals surface area contributed by atoms with Crippen LogP contribution in [0.5, 0.6) is 0 Å². The predicted octanol–water partition coefficient (Wildman–Crippen LogP) is 4.06. The second-order valence-corrected chi connectivity index (χ2v) is 10.7. The fraction of sp³-hybridized carbons (Fsp3) is 0.609. The quantitative estimate of drug-likeness (QED) is 0.577. The molecular weight excluding hydrogens is 412 g/mol. The molecule has 0 aromatic heterocycles. The summed E-state index contributed by atoms with van der Waals surface area (Å²) < 4.78 is 0. The Hall–Kier alpha value is -2.22. The maximum absolute atomic E-state index is 12.5. The van der Waals surface area contributed by atoms with Crippen molar-refractivity contribution in [3.63, 3.8) is 0 Å². The molecule has 0 radical (unpaired) electrons. The Labute approximate surface area is 188 Å². The molecular formula is C23H32N4O3S. The van der Waals surface area contributed by atoms with Crippen LogP contribution in [0.1, 0.15) is 44.9 Å². The predicted molar refractivity (Wildman–Crippen MR) is 122 cm³/mol. The van der Waals surface area contributed by atoms with Gasteiger partial charge in [-0.05, 0) is 92.3 Å². The fourth-order valence-electron chi connectivity index (χ4n) is 5.86. The number of carbonyl (C=O) groups is 3. The normalized spacial score (nSPS) is 28.1. The number of nitrogens with zero attached hydrogens (tertiary/aromatic N) is 1. The largest absolute Gasteiger partial charge is 0.339 e. The smallest absolute Gasteiger partial charge is 0.315 e. The highest BCUT2D eigenvalue weighted by atomic mass is 32.2. The minimum atomic E-state index is -0.153. The van der Waals surface area contributed by atoms with Crippen LogP contribution in [0, 0.1) is 17.8 Å². The Morgan fingerprint density at radius 3 is 2.13 bits per heavy atom. The highest BCUT2D eigenvalue weighted by Gasteiger charge is 2.51. The molecule has 0 heterocycles. The lowest BCUT2D eigenvalue weighted by atomic mass is 9.53. The lowest BCUT2D eigenvalue weighted by Crippen LogP contribution is -2.61. The van der Waals surface area contributed by atoms with E-state index in [4.69, 9.17) is 0 Å². The third kappa shape index (κ3) is 5.53. The lowest BCUT2D eigenvalue weighted by Gasteiger charge is -2.56. The van der Waals surface area contributed by atoms with Crippen molar-refractivity contribution < 1.29 is 14.4 Å². The number of amides is 4. The van der Waals surface area contributed by atoms with Gasteiger partial charge in [-0.2, -0.15) is 0 Å². The number of benzene rings is 1. The number of carbonyl (C=O) groups excluding carboxylic acids is 3. The minimum Gasteiger partial charge on any atom is -0.339 e. The third-order valence-electron chi connectivity index (χ3n) is 6.76. The number of anilines is 1. The van der Waals surface area contributed by atoms with Crippen molar-refractivity contribution in [1.29, 1.82) is 0 Å². The van der Waals surface area contributed by atoms with Crippen molar-refractivity contribution in [2.75, 3.05) is 26.0 Å². The van der Waals surface area contributed by atoms with E-state index in [2.05, 4.69) is 16.0 Å². The minimum absolute atomic E-state index is 0.0190. The SMILES string of the molecule is CN(C)C(=O)Sc1ccc(NC(=O)CCNC(=O)NC23CC4CC(CC(C4)C2)C3)cc1. The van der Waals surface area contributed by atoms with Gasteiger partial charge in [-0.3, -0.25) is 9.59 Å². The fourth-order valence-corrected chi connectivity index (χ4v) is 6.52. The maximum Gasteiger partial charge on any atom is 0.315 e. The summed E-state index contributed by atoms with van der Waals surface area (Å²) in [7, 11) is 3.42. The molecule has 5 rings (SSSR count). The van der Waals surface area contributed by atoms with Gasteiger partial charge in [0.05, 0.1) is 0 Å². The molecule has 1 aromatic rings. The molecule has 0 unspecified atom stereocenters. The second-order valence-electron chi connectivity index (χ2n) is 9.66. The number of hydrogen-bond donors (Lipinski definition) is 3. The van der Waals surface area contributed by atoms with Gasteiger partial charge in [0.25, 0.3) is 5.24 Å². The summed E-state index contributed by atoms with van der Waals surface area (Å²) in [6.45, 7) is 0.301. The number of rotatable bonds is 6. The van der Waals surface area contributed by atoms with Crippen LogP contribution in [0.25, 0.3) is 0 Å². The molecule has 8 heteroatoms. The van der Waals surface area contributed by atoms with Crippen LogP contribution >= 0.6 is 11.8 Å². The van der Waals surface area contributed by atoms with Crippen molar-refractivity contribution in [3.8, 4) is 0 Å². The molecule has 4 amide bonds. The Kier molecular flexibility index (Phi) is 6.46. The Bertz CT molecular complexity index is 804. The molecule has 168 valence electrons. The highest BCUT2D eigenvalue weighted by Crippen LogP contribution is 2.55. The first-order valence-electron chi connectivity index (χ1n) is 11.2. The van der Waals surface area contributed by atoms with Crippen LogP contribution < -0.4 is 16.0 Å². The van der Waals surface area contributed by atoms with Crippen LogP contribution in [0.4, 0.5) is 15.3 Å². The molecule has 1 aromatic carbocycles. The topological polar surface area (TPSA) is 90.5 Å². The van der Waals surface area contributed by atoms with Gasteiger partial charge in [0, 0.05) is 43.2 Å². The molecule has 4 fully saturated rings. The number of nitrogens with one attached hydrogen (secondary N) is 3. The van der Waals surface area contributed by atoms with Crippen molar-refractivity contribution in [3.05, 3.63) is 24.3 Å². The summed E-state index contributed by atoms with van der Waals surface area (Å²) in [4.78, 5) is 38.7. The van der Waals surface area contributed by atoms with E-state index in [1.54, 1.807) is 38.4 Å². The zero-order valence-electron chi connectivity index (χ0n) is 18.3. The first-order chi connectivity index (χ1) is 14.8. The van der Waals surface area contributed by atoms with E-state index in [1.807, 2.05) is 0 Å². The average molecular weight is 445 g/mol. The summed E-state index contributed by atoms with van der Waals surface area (Å²) in [6, 6.07) is 7.01. The second kappa shape index (κ2) is 9.10. The summed E-state index contributed by atoms with van der Waals surface area (Å²) in [6.07, 6.45) is 7.57. The number of thioether (sulfide) groups is 1. The highest BCUT2D eigenvalue weighted by molar-refractivity contribution is 8.13. The third-order valence-corrected chi connectivity index (χ3v) is 7.81. The van der Waals surface area contributed by atoms with Gasteiger partial charge in [-0.1, -0.05) is 0 Å². The molecule has 0 atom stereocenters. The molecule has 4 bridgehead atoms. The summed E-state index contributed by atoms with van der Waals surface area (Å²) in [5.41, 5.74) is 0.652. The van der Waals surface area contributed by atoms with Gasteiger partial charge in [0.1, 0.15) is 0 Å². The van der Waals surface area contributed by atoms with Crippen LogP contribution in [-0.4, -0.2) is 48.3 Å². The molecule has 0 aliphatic heterocycles. The van der Waals surface area contributed by atoms with E-state index in [0.717, 1.165) is 53.7 Å². The Morgan fingerprint density at radius 1 is 1.00 bits per heavy atom. The van der Waals surface area contributed by atoms with E-state index in [1.165, 1.54) is 24.2 Å². The molecule has 4 aliphatic rings. The number of hydrogen-bond acceptors (Lipinski definition) is 4. The van der Waals surface area contributed by atoms with Crippen LogP contribution in [-0.2, 0) is 4.79 Å². The van der Waals surface area contributed by atoms with Crippen molar-refractivity contribution >= 4 is 34.6 Å². The zero-order chi connectivity index (χ0) is 22.0. The van der Waals surface area contributed by atoms with Crippen LogP contribution in [0.2, 0.25) is 0 Å².